The Balaban J connectivity index is 0.000000293. The highest BCUT2D eigenvalue weighted by molar-refractivity contribution is 5.87. The molecule has 0 unspecified atom stereocenters. The lowest BCUT2D eigenvalue weighted by Crippen LogP contribution is -2.14. The summed E-state index contributed by atoms with van der Waals surface area (Å²) in [4.78, 5) is 10.2. The summed E-state index contributed by atoms with van der Waals surface area (Å²) in [5, 5.41) is 11.7. The van der Waals surface area contributed by atoms with Gasteiger partial charge in [0, 0.05) is 0 Å². The van der Waals surface area contributed by atoms with Gasteiger partial charge in [-0.25, -0.2) is 4.79 Å². The highest BCUT2D eigenvalue weighted by atomic mass is 16.4. The average molecular weight is 223 g/mol. The summed E-state index contributed by atoms with van der Waals surface area (Å²) in [5.74, 6) is -0.879. The number of hydrogen-bond donors (Lipinski definition) is 2. The Labute approximate surface area is 97.5 Å². The molecule has 0 saturated heterocycles. The molecule has 90 valence electrons. The van der Waals surface area contributed by atoms with Crippen LogP contribution in [0.5, 0.6) is 0 Å². The van der Waals surface area contributed by atoms with Crippen molar-refractivity contribution in [1.29, 1.82) is 0 Å². The fraction of sp³-hybridized carbons (Fsp3) is 0.462. The Bertz CT molecular complexity index is 269. The van der Waals surface area contributed by atoms with Gasteiger partial charge < -0.3 is 10.4 Å². The van der Waals surface area contributed by atoms with Gasteiger partial charge in [0.25, 0.3) is 0 Å². The molecule has 1 aromatic rings. The first-order chi connectivity index (χ1) is 7.72. The highest BCUT2D eigenvalue weighted by Crippen LogP contribution is 1.96. The molecule has 0 amide bonds. The molecule has 0 spiro atoms. The molecule has 3 nitrogen and oxygen atoms in total. The largest absolute Gasteiger partial charge is 0.478 e. The summed E-state index contributed by atoms with van der Waals surface area (Å²) in [6.07, 6.45) is 2.50. The molecular formula is C13H21NO2. The van der Waals surface area contributed by atoms with Gasteiger partial charge in [0.05, 0.1) is 5.56 Å². The van der Waals surface area contributed by atoms with Crippen LogP contribution < -0.4 is 5.32 Å². The monoisotopic (exact) mass is 223 g/mol. The van der Waals surface area contributed by atoms with E-state index >= 15 is 0 Å². The molecule has 0 heterocycles. The van der Waals surface area contributed by atoms with Gasteiger partial charge in [-0.1, -0.05) is 32.0 Å². The lowest BCUT2D eigenvalue weighted by molar-refractivity contribution is 0.0697. The smallest absolute Gasteiger partial charge is 0.335 e. The maximum atomic E-state index is 10.2. The first-order valence-electron chi connectivity index (χ1n) is 5.71. The SMILES string of the molecule is CCCNCCC.O=C(O)c1ccccc1. The molecule has 0 fully saturated rings. The molecule has 16 heavy (non-hydrogen) atoms. The van der Waals surface area contributed by atoms with E-state index in [1.54, 1.807) is 30.3 Å². The standard InChI is InChI=1S/C7H6O2.C6H15N/c8-7(9)6-4-2-1-3-5-6;1-3-5-7-6-4-2/h1-5H,(H,8,9);7H,3-6H2,1-2H3. The minimum absolute atomic E-state index is 0.331. The van der Waals surface area contributed by atoms with Gasteiger partial charge in [0.2, 0.25) is 0 Å². The average Bonchev–Trinajstić information content (AvgIpc) is 2.32. The van der Waals surface area contributed by atoms with Gasteiger partial charge in [-0.15, -0.1) is 0 Å². The lowest BCUT2D eigenvalue weighted by Gasteiger charge is -1.95. The van der Waals surface area contributed by atoms with Gasteiger partial charge in [-0.05, 0) is 38.1 Å². The van der Waals surface area contributed by atoms with Crippen LogP contribution in [-0.4, -0.2) is 24.2 Å². The van der Waals surface area contributed by atoms with Crippen LogP contribution in [0.25, 0.3) is 0 Å². The molecule has 1 aromatic carbocycles. The van der Waals surface area contributed by atoms with Gasteiger partial charge in [-0.2, -0.15) is 0 Å². The fourth-order valence-corrected chi connectivity index (χ4v) is 1.06. The molecule has 1 rings (SSSR count). The molecular weight excluding hydrogens is 202 g/mol. The Morgan fingerprint density at radius 2 is 1.62 bits per heavy atom. The zero-order valence-corrected chi connectivity index (χ0v) is 10.1. The maximum Gasteiger partial charge on any atom is 0.335 e. The zero-order valence-electron chi connectivity index (χ0n) is 10.1. The molecule has 2 N–H and O–H groups in total. The van der Waals surface area contributed by atoms with Crippen LogP contribution in [0.15, 0.2) is 30.3 Å². The van der Waals surface area contributed by atoms with Crippen molar-refractivity contribution in [1.82, 2.24) is 5.32 Å². The second kappa shape index (κ2) is 10.2. The van der Waals surface area contributed by atoms with E-state index in [1.807, 2.05) is 0 Å². The fourth-order valence-electron chi connectivity index (χ4n) is 1.06. The topological polar surface area (TPSA) is 49.3 Å². The van der Waals surface area contributed by atoms with Crippen molar-refractivity contribution in [2.75, 3.05) is 13.1 Å². The van der Waals surface area contributed by atoms with Gasteiger partial charge in [-0.3, -0.25) is 0 Å². The third kappa shape index (κ3) is 8.00. The summed E-state index contributed by atoms with van der Waals surface area (Å²) in [6.45, 7) is 6.72. The van der Waals surface area contributed by atoms with E-state index in [4.69, 9.17) is 5.11 Å². The van der Waals surface area contributed by atoms with Crippen LogP contribution in [0.4, 0.5) is 0 Å². The Morgan fingerprint density at radius 3 is 1.94 bits per heavy atom. The second-order valence-electron chi connectivity index (χ2n) is 3.42. The molecule has 0 saturated carbocycles. The number of carboxylic acids is 1. The minimum atomic E-state index is -0.879. The molecule has 0 radical (unpaired) electrons. The quantitative estimate of drug-likeness (QED) is 0.755. The molecule has 0 bridgehead atoms. The molecule has 0 aliphatic rings. The minimum Gasteiger partial charge on any atom is -0.478 e. The van der Waals surface area contributed by atoms with E-state index in [0.717, 1.165) is 0 Å². The van der Waals surface area contributed by atoms with Crippen molar-refractivity contribution in [2.24, 2.45) is 0 Å². The van der Waals surface area contributed by atoms with Crippen LogP contribution in [0.2, 0.25) is 0 Å². The number of hydrogen-bond acceptors (Lipinski definition) is 2. The van der Waals surface area contributed by atoms with E-state index in [-0.39, 0.29) is 0 Å². The first kappa shape index (κ1) is 14.6. The summed E-state index contributed by atoms with van der Waals surface area (Å²) < 4.78 is 0. The van der Waals surface area contributed by atoms with E-state index in [2.05, 4.69) is 19.2 Å². The van der Waals surface area contributed by atoms with Gasteiger partial charge in [0.15, 0.2) is 0 Å². The van der Waals surface area contributed by atoms with Crippen LogP contribution in [0.3, 0.4) is 0 Å². The summed E-state index contributed by atoms with van der Waals surface area (Å²) in [7, 11) is 0. The normalized spacial score (nSPS) is 9.12. The third-order valence-corrected chi connectivity index (χ3v) is 1.87. The molecule has 3 heteroatoms. The van der Waals surface area contributed by atoms with E-state index in [0.29, 0.717) is 5.56 Å². The number of nitrogens with one attached hydrogen (secondary N) is 1. The predicted molar refractivity (Wildman–Crippen MR) is 66.9 cm³/mol. The van der Waals surface area contributed by atoms with Crippen molar-refractivity contribution in [3.05, 3.63) is 35.9 Å². The van der Waals surface area contributed by atoms with Crippen molar-refractivity contribution in [3.8, 4) is 0 Å². The molecule has 0 aromatic heterocycles. The van der Waals surface area contributed by atoms with Crippen molar-refractivity contribution < 1.29 is 9.90 Å². The lowest BCUT2D eigenvalue weighted by atomic mass is 10.2. The van der Waals surface area contributed by atoms with Gasteiger partial charge >= 0.3 is 5.97 Å². The summed E-state index contributed by atoms with van der Waals surface area (Å²) >= 11 is 0. The summed E-state index contributed by atoms with van der Waals surface area (Å²) in [6, 6.07) is 8.30. The van der Waals surface area contributed by atoms with E-state index < -0.39 is 5.97 Å². The number of aromatic carboxylic acids is 1. The first-order valence-corrected chi connectivity index (χ1v) is 5.71. The molecule has 0 aliphatic carbocycles. The Kier molecular flexibility index (Phi) is 9.32. The van der Waals surface area contributed by atoms with Crippen molar-refractivity contribution in [2.45, 2.75) is 26.7 Å². The van der Waals surface area contributed by atoms with Gasteiger partial charge in [0.1, 0.15) is 0 Å². The molecule has 0 aliphatic heterocycles. The highest BCUT2D eigenvalue weighted by Gasteiger charge is 1.96. The second-order valence-corrected chi connectivity index (χ2v) is 3.42. The van der Waals surface area contributed by atoms with Crippen molar-refractivity contribution >= 4 is 5.97 Å². The zero-order chi connectivity index (χ0) is 12.2. The Hall–Kier alpha value is -1.35. The predicted octanol–water partition coefficient (Wildman–Crippen LogP) is 2.78. The van der Waals surface area contributed by atoms with Crippen LogP contribution >= 0.6 is 0 Å². The van der Waals surface area contributed by atoms with Crippen LogP contribution in [0.1, 0.15) is 37.0 Å². The molecule has 0 atom stereocenters. The van der Waals surface area contributed by atoms with E-state index in [9.17, 15) is 4.79 Å². The summed E-state index contributed by atoms with van der Waals surface area (Å²) in [5.41, 5.74) is 0.331. The third-order valence-electron chi connectivity index (χ3n) is 1.87. The number of benzene rings is 1. The Morgan fingerprint density at radius 1 is 1.12 bits per heavy atom. The maximum absolute atomic E-state index is 10.2. The number of rotatable bonds is 5. The van der Waals surface area contributed by atoms with Crippen LogP contribution in [-0.2, 0) is 0 Å². The van der Waals surface area contributed by atoms with Crippen LogP contribution in [0, 0.1) is 0 Å². The van der Waals surface area contributed by atoms with Crippen molar-refractivity contribution in [3.63, 3.8) is 0 Å². The number of carbonyl (C=O) groups is 1. The number of carboxylic acid groups (broad SMARTS) is 1. The van der Waals surface area contributed by atoms with E-state index in [1.165, 1.54) is 25.9 Å².